The van der Waals surface area contributed by atoms with Gasteiger partial charge in [0.25, 0.3) is 0 Å². The molecule has 0 bridgehead atoms. The number of carbonyl (C=O) groups excluding carboxylic acids is 1. The molecule has 118 valence electrons. The van der Waals surface area contributed by atoms with Crippen LogP contribution in [0.2, 0.25) is 0 Å². The monoisotopic (exact) mass is 290 g/mol. The van der Waals surface area contributed by atoms with E-state index in [1.54, 1.807) is 0 Å². The van der Waals surface area contributed by atoms with E-state index in [4.69, 9.17) is 21.3 Å². The van der Waals surface area contributed by atoms with Crippen LogP contribution in [0.3, 0.4) is 0 Å². The Balaban J connectivity index is 4.40. The first-order chi connectivity index (χ1) is 9.15. The maximum atomic E-state index is 11.8. The van der Waals surface area contributed by atoms with Gasteiger partial charge in [0.1, 0.15) is 12.6 Å². The minimum atomic E-state index is -0.993. The fourth-order valence-corrected chi connectivity index (χ4v) is 1.83. The summed E-state index contributed by atoms with van der Waals surface area (Å²) in [6.45, 7) is 0.985. The van der Waals surface area contributed by atoms with Crippen molar-refractivity contribution in [2.45, 2.75) is 37.8 Å². The van der Waals surface area contributed by atoms with Crippen molar-refractivity contribution in [3.8, 4) is 0 Å². The Hall–Kier alpha value is -1.18. The Bertz CT molecular complexity index is 315. The number of carbonyl (C=O) groups is 2. The molecular formula is C13H28N3O4+. The van der Waals surface area contributed by atoms with Crippen LogP contribution in [0.1, 0.15) is 25.7 Å². The first-order valence-electron chi connectivity index (χ1n) is 6.84. The Morgan fingerprint density at radius 1 is 1.25 bits per heavy atom. The van der Waals surface area contributed by atoms with Gasteiger partial charge in [-0.3, -0.25) is 9.59 Å². The Morgan fingerprint density at radius 2 is 1.85 bits per heavy atom. The quantitative estimate of drug-likeness (QED) is 0.285. The summed E-state index contributed by atoms with van der Waals surface area (Å²) in [4.78, 5) is 22.7. The maximum Gasteiger partial charge on any atom is 0.323 e. The van der Waals surface area contributed by atoms with Crippen molar-refractivity contribution in [3.05, 3.63) is 0 Å². The van der Waals surface area contributed by atoms with Gasteiger partial charge in [-0.1, -0.05) is 6.42 Å². The molecular weight excluding hydrogens is 262 g/mol. The molecule has 0 aromatic rings. The van der Waals surface area contributed by atoms with Crippen LogP contribution in [0.5, 0.6) is 0 Å². The minimum Gasteiger partial charge on any atom is -0.481 e. The van der Waals surface area contributed by atoms with Crippen molar-refractivity contribution in [2.75, 3.05) is 34.2 Å². The van der Waals surface area contributed by atoms with Gasteiger partial charge in [0.2, 0.25) is 0 Å². The van der Waals surface area contributed by atoms with E-state index in [9.17, 15) is 9.59 Å². The SMILES string of the molecule is C[N+](C)(C)C[C@@H](CC(=O)O)OC(=O)[C@@H](N)CCCCN. The molecule has 0 aromatic carbocycles. The number of quaternary nitrogens is 1. The number of hydrogen-bond donors (Lipinski definition) is 3. The van der Waals surface area contributed by atoms with Gasteiger partial charge in [0.05, 0.1) is 27.6 Å². The summed E-state index contributed by atoms with van der Waals surface area (Å²) in [7, 11) is 5.72. The largest absolute Gasteiger partial charge is 0.481 e. The molecule has 7 heteroatoms. The molecule has 0 rings (SSSR count). The molecule has 5 N–H and O–H groups in total. The van der Waals surface area contributed by atoms with Gasteiger partial charge in [0, 0.05) is 0 Å². The van der Waals surface area contributed by atoms with Crippen molar-refractivity contribution in [1.29, 1.82) is 0 Å². The van der Waals surface area contributed by atoms with E-state index in [2.05, 4.69) is 0 Å². The molecule has 0 radical (unpaired) electrons. The molecule has 0 heterocycles. The summed E-state index contributed by atoms with van der Waals surface area (Å²) in [6, 6.07) is -0.717. The molecule has 0 spiro atoms. The van der Waals surface area contributed by atoms with Crippen molar-refractivity contribution in [3.63, 3.8) is 0 Å². The van der Waals surface area contributed by atoms with E-state index < -0.39 is 24.1 Å². The number of nitrogens with zero attached hydrogens (tertiary/aromatic N) is 1. The van der Waals surface area contributed by atoms with Gasteiger partial charge in [-0.05, 0) is 19.4 Å². The molecule has 0 amide bonds. The van der Waals surface area contributed by atoms with E-state index in [1.807, 2.05) is 21.1 Å². The van der Waals surface area contributed by atoms with E-state index in [0.717, 1.165) is 12.8 Å². The number of likely N-dealkylation sites (N-methyl/N-ethyl adjacent to an activating group) is 1. The predicted molar refractivity (Wildman–Crippen MR) is 75.9 cm³/mol. The summed E-state index contributed by atoms with van der Waals surface area (Å²) in [6.07, 6.45) is 1.18. The third-order valence-corrected chi connectivity index (χ3v) is 2.71. The first kappa shape index (κ1) is 18.8. The second-order valence-corrected chi connectivity index (χ2v) is 6.02. The van der Waals surface area contributed by atoms with Crippen LogP contribution in [-0.4, -0.2) is 67.9 Å². The molecule has 0 aromatic heterocycles. The summed E-state index contributed by atoms with van der Waals surface area (Å²) in [5.74, 6) is -1.53. The third-order valence-electron chi connectivity index (χ3n) is 2.71. The molecule has 7 nitrogen and oxygen atoms in total. The molecule has 0 aliphatic carbocycles. The average molecular weight is 290 g/mol. The van der Waals surface area contributed by atoms with Crippen LogP contribution in [0.15, 0.2) is 0 Å². The zero-order valence-electron chi connectivity index (χ0n) is 12.7. The van der Waals surface area contributed by atoms with Crippen molar-refractivity contribution in [2.24, 2.45) is 11.5 Å². The molecule has 0 saturated carbocycles. The molecule has 20 heavy (non-hydrogen) atoms. The van der Waals surface area contributed by atoms with Crippen LogP contribution in [0, 0.1) is 0 Å². The number of nitrogens with two attached hydrogens (primary N) is 2. The zero-order chi connectivity index (χ0) is 15.8. The second-order valence-electron chi connectivity index (χ2n) is 6.02. The van der Waals surface area contributed by atoms with Crippen LogP contribution >= 0.6 is 0 Å². The van der Waals surface area contributed by atoms with Gasteiger partial charge >= 0.3 is 11.9 Å². The average Bonchev–Trinajstić information content (AvgIpc) is 2.25. The Labute approximate surface area is 120 Å². The van der Waals surface area contributed by atoms with Crippen LogP contribution in [-0.2, 0) is 14.3 Å². The lowest BCUT2D eigenvalue weighted by Gasteiger charge is -2.28. The number of carboxylic acid groups (broad SMARTS) is 1. The van der Waals surface area contributed by atoms with Crippen molar-refractivity contribution in [1.82, 2.24) is 0 Å². The molecule has 0 aliphatic heterocycles. The summed E-state index contributed by atoms with van der Waals surface area (Å²) in [5.41, 5.74) is 11.1. The Kier molecular flexibility index (Phi) is 8.36. The smallest absolute Gasteiger partial charge is 0.323 e. The Morgan fingerprint density at radius 3 is 2.30 bits per heavy atom. The van der Waals surface area contributed by atoms with E-state index in [1.165, 1.54) is 0 Å². The highest BCUT2D eigenvalue weighted by Crippen LogP contribution is 2.08. The van der Waals surface area contributed by atoms with E-state index in [-0.39, 0.29) is 6.42 Å². The van der Waals surface area contributed by atoms with Crippen molar-refractivity contribution >= 4 is 11.9 Å². The minimum absolute atomic E-state index is 0.212. The van der Waals surface area contributed by atoms with Gasteiger partial charge in [-0.25, -0.2) is 0 Å². The highest BCUT2D eigenvalue weighted by Gasteiger charge is 2.26. The normalized spacial score (nSPS) is 14.7. The second kappa shape index (κ2) is 8.89. The number of hydrogen-bond acceptors (Lipinski definition) is 5. The number of carboxylic acids is 1. The summed E-state index contributed by atoms with van der Waals surface area (Å²) in [5, 5.41) is 8.86. The highest BCUT2D eigenvalue weighted by molar-refractivity contribution is 5.76. The topological polar surface area (TPSA) is 116 Å². The fraction of sp³-hybridized carbons (Fsp3) is 0.846. The number of unbranched alkanes of at least 4 members (excludes halogenated alkanes) is 1. The molecule has 0 aliphatic rings. The summed E-state index contributed by atoms with van der Waals surface area (Å²) < 4.78 is 5.75. The van der Waals surface area contributed by atoms with Crippen LogP contribution in [0.4, 0.5) is 0 Å². The maximum absolute atomic E-state index is 11.8. The van der Waals surface area contributed by atoms with E-state index in [0.29, 0.717) is 24.0 Å². The van der Waals surface area contributed by atoms with Crippen molar-refractivity contribution < 1.29 is 23.9 Å². The lowest BCUT2D eigenvalue weighted by atomic mass is 10.1. The molecule has 2 atom stereocenters. The van der Waals surface area contributed by atoms with E-state index >= 15 is 0 Å². The van der Waals surface area contributed by atoms with Crippen LogP contribution in [0.25, 0.3) is 0 Å². The number of rotatable bonds is 10. The van der Waals surface area contributed by atoms with Gasteiger partial charge in [-0.2, -0.15) is 0 Å². The van der Waals surface area contributed by atoms with Gasteiger partial charge in [0.15, 0.2) is 6.10 Å². The van der Waals surface area contributed by atoms with Crippen LogP contribution < -0.4 is 11.5 Å². The number of ether oxygens (including phenoxy) is 1. The molecule has 0 unspecified atom stereocenters. The lowest BCUT2D eigenvalue weighted by Crippen LogP contribution is -2.45. The number of esters is 1. The predicted octanol–water partition coefficient (Wildman–Crippen LogP) is -0.465. The lowest BCUT2D eigenvalue weighted by molar-refractivity contribution is -0.873. The van der Waals surface area contributed by atoms with Gasteiger partial charge < -0.3 is 25.8 Å². The highest BCUT2D eigenvalue weighted by atomic mass is 16.5. The third kappa shape index (κ3) is 9.71. The number of aliphatic carboxylic acids is 1. The van der Waals surface area contributed by atoms with Gasteiger partial charge in [-0.15, -0.1) is 0 Å². The first-order valence-corrected chi connectivity index (χ1v) is 6.84. The summed E-state index contributed by atoms with van der Waals surface area (Å²) >= 11 is 0. The zero-order valence-corrected chi connectivity index (χ0v) is 12.7. The molecule has 0 fully saturated rings. The molecule has 0 saturated heterocycles. The fourth-order valence-electron chi connectivity index (χ4n) is 1.83. The standard InChI is InChI=1S/C13H27N3O4/c1-16(2,3)9-10(8-12(17)18)20-13(19)11(15)6-4-5-7-14/h10-11H,4-9,14-15H2,1-3H3/p+1/t10-,11+/m1/s1.